The molecule has 0 atom stereocenters. The number of fused-ring (bicyclic) bond motifs is 6. The Balaban J connectivity index is 1.36. The molecule has 3 aromatic heterocycles. The second-order valence-electron chi connectivity index (χ2n) is 10.8. The van der Waals surface area contributed by atoms with Gasteiger partial charge in [-0.3, -0.25) is 4.40 Å². The quantitative estimate of drug-likeness (QED) is 0.187. The van der Waals surface area contributed by atoms with Crippen LogP contribution in [-0.4, -0.2) is 14.0 Å². The van der Waals surface area contributed by atoms with Gasteiger partial charge >= 0.3 is 5.84 Å². The summed E-state index contributed by atoms with van der Waals surface area (Å²) in [5.74, 6) is 0.588. The van der Waals surface area contributed by atoms with E-state index in [9.17, 15) is 0 Å². The van der Waals surface area contributed by atoms with Gasteiger partial charge in [0.1, 0.15) is 5.69 Å². The van der Waals surface area contributed by atoms with Crippen molar-refractivity contribution in [2.45, 2.75) is 6.92 Å². The summed E-state index contributed by atoms with van der Waals surface area (Å²) >= 11 is 0. The number of imidazole rings is 1. The van der Waals surface area contributed by atoms with Gasteiger partial charge in [-0.2, -0.15) is 4.98 Å². The number of para-hydroxylation sites is 3. The fraction of sp³-hybridized carbons (Fsp3) is 0.0250. The molecule has 0 saturated heterocycles. The summed E-state index contributed by atoms with van der Waals surface area (Å²) in [5.41, 5.74) is 11.6. The van der Waals surface area contributed by atoms with E-state index in [4.69, 9.17) is 9.40 Å². The fourth-order valence-electron chi connectivity index (χ4n) is 6.34. The van der Waals surface area contributed by atoms with Crippen molar-refractivity contribution in [1.29, 1.82) is 0 Å². The third kappa shape index (κ3) is 4.03. The number of hydrogen-bond donors (Lipinski definition) is 0. The molecule has 44 heavy (non-hydrogen) atoms. The van der Waals surface area contributed by atoms with Crippen LogP contribution in [0.3, 0.4) is 0 Å². The average molecular weight is 568 g/mol. The van der Waals surface area contributed by atoms with Crippen LogP contribution in [0.2, 0.25) is 0 Å². The van der Waals surface area contributed by atoms with E-state index in [0.717, 1.165) is 61.5 Å². The minimum atomic E-state index is 0.588. The molecule has 0 aliphatic rings. The first-order chi connectivity index (χ1) is 21.7. The van der Waals surface area contributed by atoms with Crippen molar-refractivity contribution in [3.63, 3.8) is 0 Å². The molecular formula is C40H29N3O. The molecule has 0 spiro atoms. The number of allylic oxidation sites excluding steroid dienone is 5. The maximum atomic E-state index is 6.23. The molecule has 4 nitrogen and oxygen atoms in total. The zero-order valence-electron chi connectivity index (χ0n) is 24.3. The van der Waals surface area contributed by atoms with Crippen LogP contribution in [-0.2, 0) is 0 Å². The Hall–Kier alpha value is -5.87. The zero-order chi connectivity index (χ0) is 29.6. The van der Waals surface area contributed by atoms with Crippen molar-refractivity contribution in [1.82, 2.24) is 14.0 Å². The molecule has 0 aliphatic heterocycles. The molecule has 5 aromatic carbocycles. The first kappa shape index (κ1) is 25.8. The van der Waals surface area contributed by atoms with Gasteiger partial charge in [0.25, 0.3) is 0 Å². The summed E-state index contributed by atoms with van der Waals surface area (Å²) in [7, 11) is 0. The van der Waals surface area contributed by atoms with E-state index in [0.29, 0.717) is 5.84 Å². The second kappa shape index (κ2) is 10.4. The Kier molecular flexibility index (Phi) is 6.13. The molecule has 0 fully saturated rings. The fourth-order valence-corrected chi connectivity index (χ4v) is 6.34. The normalized spacial score (nSPS) is 12.3. The lowest BCUT2D eigenvalue weighted by Crippen LogP contribution is -1.95. The van der Waals surface area contributed by atoms with Crippen LogP contribution in [0.5, 0.6) is 0 Å². The second-order valence-corrected chi connectivity index (χ2v) is 10.8. The number of oxazole rings is 1. The Morgan fingerprint density at radius 1 is 0.727 bits per heavy atom. The molecule has 8 aromatic rings. The van der Waals surface area contributed by atoms with Crippen LogP contribution in [0.25, 0.3) is 72.5 Å². The van der Waals surface area contributed by atoms with Crippen LogP contribution >= 0.6 is 0 Å². The van der Waals surface area contributed by atoms with Crippen molar-refractivity contribution in [2.75, 3.05) is 0 Å². The maximum Gasteiger partial charge on any atom is 0.307 e. The average Bonchev–Trinajstić information content (AvgIpc) is 3.73. The first-order valence-corrected chi connectivity index (χ1v) is 14.8. The minimum absolute atomic E-state index is 0.588. The molecule has 210 valence electrons. The molecule has 0 aliphatic carbocycles. The Labute approximate surface area is 255 Å². The van der Waals surface area contributed by atoms with Gasteiger partial charge in [0.15, 0.2) is 5.58 Å². The highest BCUT2D eigenvalue weighted by Gasteiger charge is 2.22. The van der Waals surface area contributed by atoms with Gasteiger partial charge < -0.3 is 8.98 Å². The number of rotatable bonds is 6. The maximum absolute atomic E-state index is 6.23. The zero-order valence-corrected chi connectivity index (χ0v) is 24.3. The van der Waals surface area contributed by atoms with Crippen molar-refractivity contribution in [2.24, 2.45) is 0 Å². The summed E-state index contributed by atoms with van der Waals surface area (Å²) in [6.45, 7) is 5.90. The molecular weight excluding hydrogens is 538 g/mol. The summed E-state index contributed by atoms with van der Waals surface area (Å²) < 4.78 is 10.7. The van der Waals surface area contributed by atoms with Gasteiger partial charge in [-0.15, -0.1) is 0 Å². The molecule has 4 heteroatoms. The highest BCUT2D eigenvalue weighted by molar-refractivity contribution is 6.10. The van der Waals surface area contributed by atoms with Gasteiger partial charge in [-0.25, -0.2) is 0 Å². The minimum Gasteiger partial charge on any atom is -0.423 e. The smallest absolute Gasteiger partial charge is 0.307 e. The first-order valence-electron chi connectivity index (χ1n) is 14.8. The van der Waals surface area contributed by atoms with Crippen LogP contribution < -0.4 is 0 Å². The predicted molar refractivity (Wildman–Crippen MR) is 183 cm³/mol. The molecule has 0 saturated carbocycles. The van der Waals surface area contributed by atoms with E-state index in [1.807, 2.05) is 30.3 Å². The molecule has 0 bridgehead atoms. The van der Waals surface area contributed by atoms with Gasteiger partial charge in [-0.1, -0.05) is 110 Å². The summed E-state index contributed by atoms with van der Waals surface area (Å²) in [5, 5.41) is 2.37. The van der Waals surface area contributed by atoms with Crippen LogP contribution in [0.4, 0.5) is 0 Å². The largest absolute Gasteiger partial charge is 0.423 e. The van der Waals surface area contributed by atoms with E-state index in [1.54, 1.807) is 6.08 Å². The van der Waals surface area contributed by atoms with Crippen molar-refractivity contribution in [3.05, 3.63) is 158 Å². The topological polar surface area (TPSA) is 35.4 Å². The standard InChI is InChI=1S/C40H29N3O/c1-3-5-14-27(4-2)29-17-13-18-31(25-29)42-34-20-10-9-19-32(34)33-26-30(23-24-35(33)42)38-39(28-15-7-6-8-16-28)43-36-21-11-12-22-37(36)44-40(43)41-38/h3-26H,1H2,2H3/b14-5-,27-4+. The van der Waals surface area contributed by atoms with E-state index in [1.165, 1.54) is 10.8 Å². The van der Waals surface area contributed by atoms with E-state index in [2.05, 4.69) is 132 Å². The van der Waals surface area contributed by atoms with E-state index < -0.39 is 0 Å². The van der Waals surface area contributed by atoms with Crippen LogP contribution in [0.15, 0.2) is 157 Å². The predicted octanol–water partition coefficient (Wildman–Crippen LogP) is 10.7. The van der Waals surface area contributed by atoms with Crippen molar-refractivity contribution < 1.29 is 4.42 Å². The summed E-state index contributed by atoms with van der Waals surface area (Å²) in [6.07, 6.45) is 8.01. The number of aromatic nitrogens is 3. The number of benzene rings is 5. The lowest BCUT2D eigenvalue weighted by molar-refractivity contribution is 0.642. The van der Waals surface area contributed by atoms with Gasteiger partial charge in [0, 0.05) is 27.6 Å². The van der Waals surface area contributed by atoms with Gasteiger partial charge in [-0.05, 0) is 60.5 Å². The molecule has 3 heterocycles. The van der Waals surface area contributed by atoms with Crippen molar-refractivity contribution in [3.8, 4) is 28.2 Å². The SMILES string of the molecule is C=C/C=C\C(=C/C)c1cccc(-n2c3ccccc3c3cc(-c4nc5oc6ccccc6n5c4-c4ccccc4)ccc32)c1. The third-order valence-electron chi connectivity index (χ3n) is 8.31. The molecule has 8 rings (SSSR count). The Morgan fingerprint density at radius 3 is 2.34 bits per heavy atom. The monoisotopic (exact) mass is 567 g/mol. The molecule has 0 amide bonds. The Bertz CT molecular complexity index is 2410. The van der Waals surface area contributed by atoms with Crippen LogP contribution in [0, 0.1) is 0 Å². The Morgan fingerprint density at radius 2 is 1.50 bits per heavy atom. The number of nitrogens with zero attached hydrogens (tertiary/aromatic N) is 3. The lowest BCUT2D eigenvalue weighted by atomic mass is 10.0. The van der Waals surface area contributed by atoms with Gasteiger partial charge in [0.05, 0.1) is 22.2 Å². The van der Waals surface area contributed by atoms with E-state index in [-0.39, 0.29) is 0 Å². The molecule has 0 unspecified atom stereocenters. The van der Waals surface area contributed by atoms with Crippen LogP contribution in [0.1, 0.15) is 12.5 Å². The summed E-state index contributed by atoms with van der Waals surface area (Å²) in [4.78, 5) is 5.08. The highest BCUT2D eigenvalue weighted by Crippen LogP contribution is 2.40. The number of hydrogen-bond acceptors (Lipinski definition) is 2. The van der Waals surface area contributed by atoms with E-state index >= 15 is 0 Å². The van der Waals surface area contributed by atoms with Gasteiger partial charge in [0.2, 0.25) is 0 Å². The molecule has 0 N–H and O–H groups in total. The third-order valence-corrected chi connectivity index (χ3v) is 8.31. The lowest BCUT2D eigenvalue weighted by Gasteiger charge is -2.11. The van der Waals surface area contributed by atoms with Crippen molar-refractivity contribution >= 4 is 44.3 Å². The molecule has 0 radical (unpaired) electrons. The highest BCUT2D eigenvalue weighted by atomic mass is 16.4. The summed E-state index contributed by atoms with van der Waals surface area (Å²) in [6, 6.07) is 42.6.